The Morgan fingerprint density at radius 1 is 1.20 bits per heavy atom. The summed E-state index contributed by atoms with van der Waals surface area (Å²) in [6.07, 6.45) is 2.73. The van der Waals surface area contributed by atoms with Crippen LogP contribution in [0.5, 0.6) is 0 Å². The molecule has 2 unspecified atom stereocenters. The van der Waals surface area contributed by atoms with E-state index in [0.717, 1.165) is 6.04 Å². The quantitative estimate of drug-likeness (QED) is 0.792. The van der Waals surface area contributed by atoms with Crippen molar-refractivity contribution < 1.29 is 0 Å². The minimum atomic E-state index is 0.582. The van der Waals surface area contributed by atoms with E-state index >= 15 is 0 Å². The highest BCUT2D eigenvalue weighted by Gasteiger charge is 2.25. The Morgan fingerprint density at radius 2 is 1.87 bits per heavy atom. The summed E-state index contributed by atoms with van der Waals surface area (Å²) in [5.74, 6) is 0.604. The molecule has 1 aliphatic rings. The molecule has 1 heteroatoms. The molecule has 1 N–H and O–H groups in total. The van der Waals surface area contributed by atoms with Crippen LogP contribution in [0.1, 0.15) is 43.7 Å². The van der Waals surface area contributed by atoms with E-state index in [1.54, 1.807) is 0 Å². The zero-order chi connectivity index (χ0) is 10.8. The van der Waals surface area contributed by atoms with Gasteiger partial charge < -0.3 is 5.32 Å². The number of hydrogen-bond acceptors (Lipinski definition) is 1. The second kappa shape index (κ2) is 4.36. The molecule has 1 aromatic carbocycles. The van der Waals surface area contributed by atoms with E-state index in [1.165, 1.54) is 24.0 Å². The molecule has 1 nitrogen and oxygen atoms in total. The first-order valence-corrected chi connectivity index (χ1v) is 6.00. The lowest BCUT2D eigenvalue weighted by Gasteiger charge is -2.23. The number of rotatable bonds is 4. The summed E-state index contributed by atoms with van der Waals surface area (Å²) in [7, 11) is 0. The average Bonchev–Trinajstić information content (AvgIpc) is 3.01. The third kappa shape index (κ3) is 2.60. The summed E-state index contributed by atoms with van der Waals surface area (Å²) in [6.45, 7) is 6.83. The van der Waals surface area contributed by atoms with Gasteiger partial charge in [-0.05, 0) is 43.7 Å². The maximum atomic E-state index is 3.68. The van der Waals surface area contributed by atoms with Gasteiger partial charge in [0.1, 0.15) is 0 Å². The first-order valence-electron chi connectivity index (χ1n) is 6.00. The molecule has 1 saturated carbocycles. The van der Waals surface area contributed by atoms with Crippen molar-refractivity contribution in [2.75, 3.05) is 0 Å². The smallest absolute Gasteiger partial charge is 0.0107 e. The molecule has 2 atom stereocenters. The molecule has 0 heterocycles. The maximum Gasteiger partial charge on any atom is 0.0107 e. The van der Waals surface area contributed by atoms with Crippen molar-refractivity contribution in [2.24, 2.45) is 0 Å². The van der Waals surface area contributed by atoms with Gasteiger partial charge in [-0.1, -0.05) is 31.2 Å². The molecular formula is C14H21N. The largest absolute Gasteiger partial charge is 0.311 e. The minimum Gasteiger partial charge on any atom is -0.311 e. The Balaban J connectivity index is 2.05. The Labute approximate surface area is 92.9 Å². The van der Waals surface area contributed by atoms with E-state index in [2.05, 4.69) is 50.4 Å². The van der Waals surface area contributed by atoms with Gasteiger partial charge in [0.15, 0.2) is 0 Å². The molecular weight excluding hydrogens is 182 g/mol. The lowest BCUT2D eigenvalue weighted by atomic mass is 9.91. The molecule has 2 rings (SSSR count). The van der Waals surface area contributed by atoms with Crippen LogP contribution in [-0.4, -0.2) is 12.1 Å². The Kier molecular flexibility index (Phi) is 3.11. The molecule has 0 saturated heterocycles. The summed E-state index contributed by atoms with van der Waals surface area (Å²) in [5.41, 5.74) is 2.90. The van der Waals surface area contributed by atoms with Crippen LogP contribution in [-0.2, 0) is 0 Å². The zero-order valence-electron chi connectivity index (χ0n) is 9.96. The Morgan fingerprint density at radius 3 is 2.47 bits per heavy atom. The van der Waals surface area contributed by atoms with E-state index in [-0.39, 0.29) is 0 Å². The Bertz CT molecular complexity index is 328. The maximum absolute atomic E-state index is 3.68. The predicted molar refractivity (Wildman–Crippen MR) is 65.2 cm³/mol. The lowest BCUT2D eigenvalue weighted by Crippen LogP contribution is -2.32. The summed E-state index contributed by atoms with van der Waals surface area (Å²) in [5, 5.41) is 3.68. The van der Waals surface area contributed by atoms with Crippen molar-refractivity contribution in [3.05, 3.63) is 35.4 Å². The monoisotopic (exact) mass is 203 g/mol. The average molecular weight is 203 g/mol. The highest BCUT2D eigenvalue weighted by Crippen LogP contribution is 2.26. The standard InChI is InChI=1S/C14H21N/c1-10-6-4-5-7-14(10)11(2)12(3)15-13-8-9-13/h4-7,11-13,15H,8-9H2,1-3H3. The van der Waals surface area contributed by atoms with Gasteiger partial charge in [0, 0.05) is 12.1 Å². The lowest BCUT2D eigenvalue weighted by molar-refractivity contribution is 0.477. The van der Waals surface area contributed by atoms with E-state index in [4.69, 9.17) is 0 Å². The fourth-order valence-electron chi connectivity index (χ4n) is 2.13. The van der Waals surface area contributed by atoms with Crippen LogP contribution in [0, 0.1) is 6.92 Å². The van der Waals surface area contributed by atoms with Crippen molar-refractivity contribution in [3.63, 3.8) is 0 Å². The van der Waals surface area contributed by atoms with E-state index in [0.29, 0.717) is 12.0 Å². The van der Waals surface area contributed by atoms with Gasteiger partial charge in [-0.15, -0.1) is 0 Å². The molecule has 0 spiro atoms. The van der Waals surface area contributed by atoms with Gasteiger partial charge in [-0.3, -0.25) is 0 Å². The normalized spacial score (nSPS) is 19.9. The van der Waals surface area contributed by atoms with Crippen LogP contribution < -0.4 is 5.32 Å². The fourth-order valence-corrected chi connectivity index (χ4v) is 2.13. The molecule has 0 bridgehead atoms. The molecule has 1 aliphatic carbocycles. The number of benzene rings is 1. The number of nitrogens with one attached hydrogen (secondary N) is 1. The molecule has 15 heavy (non-hydrogen) atoms. The van der Waals surface area contributed by atoms with Gasteiger partial charge in [-0.25, -0.2) is 0 Å². The van der Waals surface area contributed by atoms with Crippen LogP contribution in [0.4, 0.5) is 0 Å². The van der Waals surface area contributed by atoms with Gasteiger partial charge in [-0.2, -0.15) is 0 Å². The first-order chi connectivity index (χ1) is 7.18. The van der Waals surface area contributed by atoms with Gasteiger partial charge in [0.2, 0.25) is 0 Å². The van der Waals surface area contributed by atoms with Crippen LogP contribution >= 0.6 is 0 Å². The van der Waals surface area contributed by atoms with Crippen LogP contribution in [0.15, 0.2) is 24.3 Å². The first kappa shape index (κ1) is 10.7. The van der Waals surface area contributed by atoms with Crippen molar-refractivity contribution in [2.45, 2.75) is 51.6 Å². The topological polar surface area (TPSA) is 12.0 Å². The minimum absolute atomic E-state index is 0.582. The number of aryl methyl sites for hydroxylation is 1. The van der Waals surface area contributed by atoms with Crippen molar-refractivity contribution in [1.82, 2.24) is 5.32 Å². The van der Waals surface area contributed by atoms with E-state index < -0.39 is 0 Å². The van der Waals surface area contributed by atoms with Crippen LogP contribution in [0.25, 0.3) is 0 Å². The molecule has 0 radical (unpaired) electrons. The second-order valence-electron chi connectivity index (χ2n) is 4.87. The number of hydrogen-bond donors (Lipinski definition) is 1. The summed E-state index contributed by atoms with van der Waals surface area (Å²) in [4.78, 5) is 0. The molecule has 82 valence electrons. The summed E-state index contributed by atoms with van der Waals surface area (Å²) in [6, 6.07) is 10.1. The van der Waals surface area contributed by atoms with Gasteiger partial charge >= 0.3 is 0 Å². The van der Waals surface area contributed by atoms with Crippen molar-refractivity contribution >= 4 is 0 Å². The highest BCUT2D eigenvalue weighted by molar-refractivity contribution is 5.29. The predicted octanol–water partition coefficient (Wildman–Crippen LogP) is 3.24. The fraction of sp³-hybridized carbons (Fsp3) is 0.571. The highest BCUT2D eigenvalue weighted by atomic mass is 15.0. The van der Waals surface area contributed by atoms with E-state index in [9.17, 15) is 0 Å². The van der Waals surface area contributed by atoms with Gasteiger partial charge in [0.25, 0.3) is 0 Å². The van der Waals surface area contributed by atoms with Crippen molar-refractivity contribution in [3.8, 4) is 0 Å². The zero-order valence-corrected chi connectivity index (χ0v) is 9.96. The van der Waals surface area contributed by atoms with Gasteiger partial charge in [0.05, 0.1) is 0 Å². The van der Waals surface area contributed by atoms with Crippen LogP contribution in [0.3, 0.4) is 0 Å². The summed E-state index contributed by atoms with van der Waals surface area (Å²) < 4.78 is 0. The Hall–Kier alpha value is -0.820. The van der Waals surface area contributed by atoms with Crippen molar-refractivity contribution in [1.29, 1.82) is 0 Å². The molecule has 1 fully saturated rings. The molecule has 0 aromatic heterocycles. The van der Waals surface area contributed by atoms with E-state index in [1.807, 2.05) is 0 Å². The molecule has 0 aliphatic heterocycles. The SMILES string of the molecule is Cc1ccccc1C(C)C(C)NC1CC1. The molecule has 0 amide bonds. The summed E-state index contributed by atoms with van der Waals surface area (Å²) >= 11 is 0. The second-order valence-corrected chi connectivity index (χ2v) is 4.87. The third-order valence-electron chi connectivity index (χ3n) is 3.50. The third-order valence-corrected chi connectivity index (χ3v) is 3.50. The molecule has 1 aromatic rings. The van der Waals surface area contributed by atoms with Crippen LogP contribution in [0.2, 0.25) is 0 Å².